The van der Waals surface area contributed by atoms with Gasteiger partial charge in [0.1, 0.15) is 5.76 Å². The molecule has 0 saturated carbocycles. The monoisotopic (exact) mass is 359 g/mol. The van der Waals surface area contributed by atoms with Crippen LogP contribution in [0.25, 0.3) is 22.2 Å². The average Bonchev–Trinajstić information content (AvgIpc) is 3.24. The Morgan fingerprint density at radius 3 is 2.59 bits per heavy atom. The smallest absolute Gasteiger partial charge is 0.273 e. The minimum Gasteiger partial charge on any atom is -0.361 e. The Morgan fingerprint density at radius 1 is 1.11 bits per heavy atom. The lowest BCUT2D eigenvalue weighted by molar-refractivity contribution is 0.0942. The first-order chi connectivity index (χ1) is 13.0. The molecule has 0 aliphatic heterocycles. The fourth-order valence-electron chi connectivity index (χ4n) is 3.43. The SMILES string of the molecule is Cc1cc(CNC(=O)c2cc(C)on2)c2[nH]c(-c3ccccc3)c(C)c2c1. The van der Waals surface area contributed by atoms with Crippen LogP contribution in [0, 0.1) is 20.8 Å². The van der Waals surface area contributed by atoms with E-state index < -0.39 is 0 Å². The van der Waals surface area contributed by atoms with Gasteiger partial charge in [0, 0.05) is 23.7 Å². The molecule has 0 fully saturated rings. The van der Waals surface area contributed by atoms with Gasteiger partial charge in [0.15, 0.2) is 5.69 Å². The van der Waals surface area contributed by atoms with Gasteiger partial charge in [-0.3, -0.25) is 4.79 Å². The van der Waals surface area contributed by atoms with E-state index in [0.717, 1.165) is 27.9 Å². The van der Waals surface area contributed by atoms with Gasteiger partial charge in [-0.1, -0.05) is 47.1 Å². The summed E-state index contributed by atoms with van der Waals surface area (Å²) in [5.41, 5.74) is 7.01. The van der Waals surface area contributed by atoms with Gasteiger partial charge in [-0.25, -0.2) is 0 Å². The van der Waals surface area contributed by atoms with Crippen molar-refractivity contribution >= 4 is 16.8 Å². The fraction of sp³-hybridized carbons (Fsp3) is 0.182. The molecule has 4 aromatic rings. The van der Waals surface area contributed by atoms with E-state index in [9.17, 15) is 4.79 Å². The second-order valence-corrected chi connectivity index (χ2v) is 6.84. The number of H-pyrrole nitrogens is 1. The lowest BCUT2D eigenvalue weighted by Gasteiger charge is -2.07. The summed E-state index contributed by atoms with van der Waals surface area (Å²) < 4.78 is 4.98. The molecule has 0 atom stereocenters. The number of nitrogens with zero attached hydrogens (tertiary/aromatic N) is 1. The highest BCUT2D eigenvalue weighted by atomic mass is 16.5. The van der Waals surface area contributed by atoms with Crippen LogP contribution < -0.4 is 5.32 Å². The van der Waals surface area contributed by atoms with Gasteiger partial charge in [0.05, 0.1) is 5.52 Å². The Kier molecular flexibility index (Phi) is 4.28. The maximum atomic E-state index is 12.3. The predicted molar refractivity (Wildman–Crippen MR) is 106 cm³/mol. The highest BCUT2D eigenvalue weighted by molar-refractivity contribution is 5.94. The van der Waals surface area contributed by atoms with Crippen LogP contribution in [-0.2, 0) is 6.54 Å². The van der Waals surface area contributed by atoms with Crippen LogP contribution in [0.5, 0.6) is 0 Å². The number of hydrogen-bond donors (Lipinski definition) is 2. The number of nitrogens with one attached hydrogen (secondary N) is 2. The van der Waals surface area contributed by atoms with Crippen LogP contribution in [0.3, 0.4) is 0 Å². The highest BCUT2D eigenvalue weighted by Gasteiger charge is 2.15. The van der Waals surface area contributed by atoms with Gasteiger partial charge in [-0.2, -0.15) is 0 Å². The number of benzene rings is 2. The Balaban J connectivity index is 1.69. The quantitative estimate of drug-likeness (QED) is 0.556. The summed E-state index contributed by atoms with van der Waals surface area (Å²) in [5.74, 6) is 0.374. The molecule has 2 heterocycles. The van der Waals surface area contributed by atoms with Crippen molar-refractivity contribution in [1.29, 1.82) is 0 Å². The molecule has 0 radical (unpaired) electrons. The van der Waals surface area contributed by atoms with Crippen LogP contribution in [0.1, 0.15) is 32.9 Å². The van der Waals surface area contributed by atoms with E-state index in [-0.39, 0.29) is 5.91 Å². The number of carbonyl (C=O) groups excluding carboxylic acids is 1. The van der Waals surface area contributed by atoms with E-state index in [1.54, 1.807) is 13.0 Å². The van der Waals surface area contributed by atoms with Crippen molar-refractivity contribution in [3.8, 4) is 11.3 Å². The van der Waals surface area contributed by atoms with Crippen LogP contribution in [-0.4, -0.2) is 16.0 Å². The third kappa shape index (κ3) is 3.24. The maximum Gasteiger partial charge on any atom is 0.273 e. The molecule has 2 N–H and O–H groups in total. The molecule has 0 aliphatic rings. The van der Waals surface area contributed by atoms with Crippen molar-refractivity contribution in [2.75, 3.05) is 0 Å². The van der Waals surface area contributed by atoms with Crippen molar-refractivity contribution in [2.45, 2.75) is 27.3 Å². The van der Waals surface area contributed by atoms with E-state index >= 15 is 0 Å². The zero-order chi connectivity index (χ0) is 19.0. The van der Waals surface area contributed by atoms with Gasteiger partial charge in [0.2, 0.25) is 0 Å². The Morgan fingerprint density at radius 2 is 1.89 bits per heavy atom. The molecule has 136 valence electrons. The van der Waals surface area contributed by atoms with E-state index in [1.807, 2.05) is 18.2 Å². The summed E-state index contributed by atoms with van der Waals surface area (Å²) in [6, 6.07) is 16.2. The maximum absolute atomic E-state index is 12.3. The molecule has 0 unspecified atom stereocenters. The number of hydrogen-bond acceptors (Lipinski definition) is 3. The van der Waals surface area contributed by atoms with Gasteiger partial charge in [-0.05, 0) is 43.5 Å². The van der Waals surface area contributed by atoms with Crippen molar-refractivity contribution in [1.82, 2.24) is 15.5 Å². The molecule has 2 aromatic carbocycles. The Hall–Kier alpha value is -3.34. The summed E-state index contributed by atoms with van der Waals surface area (Å²) in [5, 5.41) is 7.88. The van der Waals surface area contributed by atoms with Gasteiger partial charge < -0.3 is 14.8 Å². The summed E-state index contributed by atoms with van der Waals surface area (Å²) in [6.45, 7) is 6.37. The van der Waals surface area contributed by atoms with Crippen LogP contribution in [0.15, 0.2) is 53.1 Å². The first-order valence-corrected chi connectivity index (χ1v) is 8.91. The average molecular weight is 359 g/mol. The van der Waals surface area contributed by atoms with E-state index in [1.165, 1.54) is 10.9 Å². The van der Waals surface area contributed by atoms with Crippen LogP contribution in [0.2, 0.25) is 0 Å². The number of amides is 1. The molecule has 27 heavy (non-hydrogen) atoms. The second-order valence-electron chi connectivity index (χ2n) is 6.84. The molecule has 0 aliphatic carbocycles. The second kappa shape index (κ2) is 6.76. The third-order valence-corrected chi connectivity index (χ3v) is 4.76. The Labute approximate surface area is 157 Å². The summed E-state index contributed by atoms with van der Waals surface area (Å²) in [4.78, 5) is 15.9. The molecule has 0 bridgehead atoms. The summed E-state index contributed by atoms with van der Waals surface area (Å²) in [6.07, 6.45) is 0. The van der Waals surface area contributed by atoms with Gasteiger partial charge in [-0.15, -0.1) is 0 Å². The van der Waals surface area contributed by atoms with Crippen molar-refractivity contribution in [3.63, 3.8) is 0 Å². The molecular formula is C22H21N3O2. The molecular weight excluding hydrogens is 338 g/mol. The highest BCUT2D eigenvalue weighted by Crippen LogP contribution is 2.32. The summed E-state index contributed by atoms with van der Waals surface area (Å²) >= 11 is 0. The lowest BCUT2D eigenvalue weighted by Crippen LogP contribution is -2.23. The van der Waals surface area contributed by atoms with Crippen molar-refractivity contribution < 1.29 is 9.32 Å². The van der Waals surface area contributed by atoms with Crippen LogP contribution in [0.4, 0.5) is 0 Å². The minimum absolute atomic E-state index is 0.243. The van der Waals surface area contributed by atoms with Gasteiger partial charge >= 0.3 is 0 Å². The fourth-order valence-corrected chi connectivity index (χ4v) is 3.43. The molecule has 4 rings (SSSR count). The Bertz CT molecular complexity index is 1120. The standard InChI is InChI=1S/C22H21N3O2/c1-13-9-17(12-23-22(26)19-11-14(2)27-25-19)21-18(10-13)15(3)20(24-21)16-7-5-4-6-8-16/h4-11,24H,12H2,1-3H3,(H,23,26). The lowest BCUT2D eigenvalue weighted by atomic mass is 10.0. The van der Waals surface area contributed by atoms with E-state index in [4.69, 9.17) is 4.52 Å². The van der Waals surface area contributed by atoms with Crippen molar-refractivity contribution in [3.05, 3.63) is 76.7 Å². The first kappa shape index (κ1) is 17.1. The van der Waals surface area contributed by atoms with Gasteiger partial charge in [0.25, 0.3) is 5.91 Å². The molecule has 2 aromatic heterocycles. The largest absolute Gasteiger partial charge is 0.361 e. The van der Waals surface area contributed by atoms with Crippen LogP contribution >= 0.6 is 0 Å². The number of aromatic amines is 1. The number of carbonyl (C=O) groups is 1. The number of rotatable bonds is 4. The topological polar surface area (TPSA) is 70.9 Å². The summed E-state index contributed by atoms with van der Waals surface area (Å²) in [7, 11) is 0. The molecule has 5 heteroatoms. The normalized spacial score (nSPS) is 11.1. The predicted octanol–water partition coefficient (Wildman–Crippen LogP) is 4.68. The molecule has 0 saturated heterocycles. The molecule has 0 spiro atoms. The first-order valence-electron chi connectivity index (χ1n) is 8.91. The zero-order valence-corrected chi connectivity index (χ0v) is 15.6. The zero-order valence-electron chi connectivity index (χ0n) is 15.6. The number of aryl methyl sites for hydroxylation is 3. The number of aromatic nitrogens is 2. The van der Waals surface area contributed by atoms with Crippen molar-refractivity contribution in [2.24, 2.45) is 0 Å². The number of fused-ring (bicyclic) bond motifs is 1. The van der Waals surface area contributed by atoms with E-state index in [2.05, 4.69) is 53.6 Å². The minimum atomic E-state index is -0.243. The van der Waals surface area contributed by atoms with E-state index in [0.29, 0.717) is 18.0 Å². The molecule has 1 amide bonds. The third-order valence-electron chi connectivity index (χ3n) is 4.76. The molecule has 5 nitrogen and oxygen atoms in total.